The Bertz CT molecular complexity index is 338. The van der Waals surface area contributed by atoms with Crippen LogP contribution in [0, 0.1) is 5.92 Å². The Balaban J connectivity index is 2.17. The standard InChI is InChI=1S/C17H30O6/c1-2-3-4-5-11-22-16(18)10-6-8-14(17(19)23-20)13-15-9-7-12-21-15/h14-15,20H,2-13H2,1H3. The normalized spacial score (nSPS) is 18.6. The summed E-state index contributed by atoms with van der Waals surface area (Å²) in [5, 5.41) is 8.59. The van der Waals surface area contributed by atoms with Gasteiger partial charge in [0, 0.05) is 13.0 Å². The van der Waals surface area contributed by atoms with Crippen LogP contribution in [0.25, 0.3) is 0 Å². The smallest absolute Gasteiger partial charge is 0.345 e. The summed E-state index contributed by atoms with van der Waals surface area (Å²) in [7, 11) is 0. The van der Waals surface area contributed by atoms with Crippen LogP contribution in [0.5, 0.6) is 0 Å². The Hall–Kier alpha value is -1.14. The molecular weight excluding hydrogens is 300 g/mol. The number of esters is 1. The van der Waals surface area contributed by atoms with E-state index in [2.05, 4.69) is 11.8 Å². The van der Waals surface area contributed by atoms with E-state index in [0.717, 1.165) is 45.1 Å². The molecule has 1 aliphatic heterocycles. The summed E-state index contributed by atoms with van der Waals surface area (Å²) in [6.07, 6.45) is 8.11. The van der Waals surface area contributed by atoms with Gasteiger partial charge in [0.05, 0.1) is 18.6 Å². The topological polar surface area (TPSA) is 82.1 Å². The van der Waals surface area contributed by atoms with Crippen LogP contribution in [-0.4, -0.2) is 36.5 Å². The molecule has 0 amide bonds. The highest BCUT2D eigenvalue weighted by Crippen LogP contribution is 2.24. The molecular formula is C17H30O6. The van der Waals surface area contributed by atoms with E-state index in [1.54, 1.807) is 0 Å². The molecule has 2 unspecified atom stereocenters. The van der Waals surface area contributed by atoms with E-state index in [1.165, 1.54) is 0 Å². The Labute approximate surface area is 138 Å². The Morgan fingerprint density at radius 3 is 2.74 bits per heavy atom. The van der Waals surface area contributed by atoms with Crippen LogP contribution in [0.3, 0.4) is 0 Å². The highest BCUT2D eigenvalue weighted by atomic mass is 17.1. The largest absolute Gasteiger partial charge is 0.466 e. The Morgan fingerprint density at radius 1 is 1.26 bits per heavy atom. The van der Waals surface area contributed by atoms with E-state index in [1.807, 2.05) is 0 Å². The molecule has 1 rings (SSSR count). The van der Waals surface area contributed by atoms with Crippen LogP contribution in [-0.2, 0) is 24.0 Å². The second-order valence-corrected chi connectivity index (χ2v) is 6.15. The van der Waals surface area contributed by atoms with Gasteiger partial charge in [-0.1, -0.05) is 26.2 Å². The third-order valence-corrected chi connectivity index (χ3v) is 4.19. The highest BCUT2D eigenvalue weighted by Gasteiger charge is 2.27. The predicted octanol–water partition coefficient (Wildman–Crippen LogP) is 3.48. The van der Waals surface area contributed by atoms with Gasteiger partial charge in [0.25, 0.3) is 0 Å². The van der Waals surface area contributed by atoms with Crippen molar-refractivity contribution in [2.24, 2.45) is 5.92 Å². The lowest BCUT2D eigenvalue weighted by Gasteiger charge is -2.17. The molecule has 1 fully saturated rings. The van der Waals surface area contributed by atoms with E-state index < -0.39 is 11.9 Å². The van der Waals surface area contributed by atoms with E-state index in [4.69, 9.17) is 14.7 Å². The summed E-state index contributed by atoms with van der Waals surface area (Å²) >= 11 is 0. The lowest BCUT2D eigenvalue weighted by atomic mass is 9.94. The van der Waals surface area contributed by atoms with E-state index in [-0.39, 0.29) is 18.5 Å². The first kappa shape index (κ1) is 19.9. The number of unbranched alkanes of at least 4 members (excludes halogenated alkanes) is 3. The van der Waals surface area contributed by atoms with Gasteiger partial charge in [0.2, 0.25) is 0 Å². The molecule has 0 aromatic carbocycles. The summed E-state index contributed by atoms with van der Waals surface area (Å²) in [5.74, 6) is -1.30. The molecule has 0 radical (unpaired) electrons. The third-order valence-electron chi connectivity index (χ3n) is 4.19. The minimum Gasteiger partial charge on any atom is -0.466 e. The monoisotopic (exact) mass is 330 g/mol. The van der Waals surface area contributed by atoms with Gasteiger partial charge in [-0.2, -0.15) is 5.26 Å². The summed E-state index contributed by atoms with van der Waals surface area (Å²) in [6, 6.07) is 0. The summed E-state index contributed by atoms with van der Waals surface area (Å²) in [5.41, 5.74) is 0. The van der Waals surface area contributed by atoms with Crippen LogP contribution >= 0.6 is 0 Å². The molecule has 6 nitrogen and oxygen atoms in total. The molecule has 6 heteroatoms. The second kappa shape index (κ2) is 12.3. The van der Waals surface area contributed by atoms with Gasteiger partial charge in [0.1, 0.15) is 0 Å². The number of rotatable bonds is 12. The van der Waals surface area contributed by atoms with Gasteiger partial charge >= 0.3 is 11.9 Å². The van der Waals surface area contributed by atoms with Crippen molar-refractivity contribution in [1.29, 1.82) is 0 Å². The van der Waals surface area contributed by atoms with Gasteiger partial charge in [-0.25, -0.2) is 4.79 Å². The average Bonchev–Trinajstić information content (AvgIpc) is 3.06. The quantitative estimate of drug-likeness (QED) is 0.255. The van der Waals surface area contributed by atoms with Gasteiger partial charge in [-0.3, -0.25) is 4.79 Å². The maximum atomic E-state index is 11.6. The van der Waals surface area contributed by atoms with Crippen molar-refractivity contribution < 1.29 is 29.2 Å². The molecule has 1 aliphatic rings. The van der Waals surface area contributed by atoms with E-state index >= 15 is 0 Å². The first-order valence-corrected chi connectivity index (χ1v) is 8.79. The number of hydrogen-bond donors (Lipinski definition) is 1. The van der Waals surface area contributed by atoms with Crippen LogP contribution in [0.1, 0.15) is 71.1 Å². The SMILES string of the molecule is CCCCCCOC(=O)CCCC(CC1CCCO1)C(=O)OO. The van der Waals surface area contributed by atoms with E-state index in [9.17, 15) is 9.59 Å². The molecule has 0 aromatic heterocycles. The van der Waals surface area contributed by atoms with Crippen LogP contribution in [0.2, 0.25) is 0 Å². The average molecular weight is 330 g/mol. The zero-order valence-corrected chi connectivity index (χ0v) is 14.1. The van der Waals surface area contributed by atoms with Crippen molar-refractivity contribution in [2.75, 3.05) is 13.2 Å². The minimum absolute atomic E-state index is 0.0459. The van der Waals surface area contributed by atoms with Crippen molar-refractivity contribution in [2.45, 2.75) is 77.2 Å². The first-order chi connectivity index (χ1) is 11.2. The van der Waals surface area contributed by atoms with Crippen LogP contribution in [0.15, 0.2) is 0 Å². The molecule has 0 aliphatic carbocycles. The number of carbonyl (C=O) groups is 2. The first-order valence-electron chi connectivity index (χ1n) is 8.79. The van der Waals surface area contributed by atoms with Crippen molar-refractivity contribution in [3.63, 3.8) is 0 Å². The van der Waals surface area contributed by atoms with Crippen LogP contribution in [0.4, 0.5) is 0 Å². The zero-order valence-electron chi connectivity index (χ0n) is 14.1. The fourth-order valence-corrected chi connectivity index (χ4v) is 2.83. The molecule has 134 valence electrons. The second-order valence-electron chi connectivity index (χ2n) is 6.15. The minimum atomic E-state index is -0.645. The van der Waals surface area contributed by atoms with Crippen molar-refractivity contribution in [3.8, 4) is 0 Å². The maximum absolute atomic E-state index is 11.6. The molecule has 0 saturated carbocycles. The summed E-state index contributed by atoms with van der Waals surface area (Å²) in [6.45, 7) is 3.32. The fourth-order valence-electron chi connectivity index (χ4n) is 2.83. The lowest BCUT2D eigenvalue weighted by molar-refractivity contribution is -0.240. The summed E-state index contributed by atoms with van der Waals surface area (Å²) < 4.78 is 10.7. The maximum Gasteiger partial charge on any atom is 0.345 e. The van der Waals surface area contributed by atoms with Crippen molar-refractivity contribution in [1.82, 2.24) is 0 Å². The van der Waals surface area contributed by atoms with Gasteiger partial charge in [-0.05, 0) is 38.5 Å². The van der Waals surface area contributed by atoms with Gasteiger partial charge in [0.15, 0.2) is 0 Å². The predicted molar refractivity (Wildman–Crippen MR) is 84.8 cm³/mol. The third kappa shape index (κ3) is 8.91. The molecule has 23 heavy (non-hydrogen) atoms. The zero-order chi connectivity index (χ0) is 16.9. The number of carbonyl (C=O) groups excluding carboxylic acids is 2. The molecule has 1 heterocycles. The van der Waals surface area contributed by atoms with Gasteiger partial charge in [-0.15, -0.1) is 0 Å². The Morgan fingerprint density at radius 2 is 2.09 bits per heavy atom. The molecule has 0 bridgehead atoms. The fraction of sp³-hybridized carbons (Fsp3) is 0.882. The summed E-state index contributed by atoms with van der Waals surface area (Å²) in [4.78, 5) is 27.1. The number of hydrogen-bond acceptors (Lipinski definition) is 6. The highest BCUT2D eigenvalue weighted by molar-refractivity contribution is 5.72. The van der Waals surface area contributed by atoms with Crippen molar-refractivity contribution in [3.05, 3.63) is 0 Å². The molecule has 1 N–H and O–H groups in total. The van der Waals surface area contributed by atoms with Crippen LogP contribution < -0.4 is 0 Å². The lowest BCUT2D eigenvalue weighted by Crippen LogP contribution is -2.22. The Kier molecular flexibility index (Phi) is 10.6. The van der Waals surface area contributed by atoms with Crippen molar-refractivity contribution >= 4 is 11.9 Å². The molecule has 1 saturated heterocycles. The number of ether oxygens (including phenoxy) is 2. The van der Waals surface area contributed by atoms with E-state index in [0.29, 0.717) is 25.9 Å². The molecule has 0 aromatic rings. The molecule has 2 atom stereocenters. The van der Waals surface area contributed by atoms with Gasteiger partial charge < -0.3 is 14.4 Å². The molecule has 0 spiro atoms.